The summed E-state index contributed by atoms with van der Waals surface area (Å²) in [6, 6.07) is 8.28. The Morgan fingerprint density at radius 3 is 2.75 bits per heavy atom. The van der Waals surface area contributed by atoms with Crippen LogP contribution >= 0.6 is 0 Å². The van der Waals surface area contributed by atoms with Crippen molar-refractivity contribution in [3.63, 3.8) is 0 Å². The van der Waals surface area contributed by atoms with Crippen molar-refractivity contribution in [3.8, 4) is 6.07 Å². The Morgan fingerprint density at radius 2 is 2.06 bits per heavy atom. The zero-order chi connectivity index (χ0) is 23.5. The molecule has 2 N–H and O–H groups in total. The first-order valence-corrected chi connectivity index (χ1v) is 10.1. The second-order valence-electron chi connectivity index (χ2n) is 7.32. The number of aromatic nitrogens is 1. The fourth-order valence-corrected chi connectivity index (χ4v) is 3.11. The van der Waals surface area contributed by atoms with Crippen molar-refractivity contribution in [1.29, 1.82) is 5.26 Å². The molecule has 2 aromatic rings. The summed E-state index contributed by atoms with van der Waals surface area (Å²) >= 11 is 0. The normalized spacial score (nSPS) is 12.4. The van der Waals surface area contributed by atoms with Crippen molar-refractivity contribution in [1.82, 2.24) is 10.3 Å². The lowest BCUT2D eigenvalue weighted by molar-refractivity contribution is -0.153. The van der Waals surface area contributed by atoms with E-state index in [0.29, 0.717) is 0 Å². The average molecular weight is 439 g/mol. The molecule has 0 saturated carbocycles. The largest absolute Gasteiger partial charge is 0.461 e. The summed E-state index contributed by atoms with van der Waals surface area (Å²) in [6.07, 6.45) is 0.987. The number of para-hydroxylation sites is 1. The van der Waals surface area contributed by atoms with Gasteiger partial charge in [0.05, 0.1) is 12.2 Å². The Kier molecular flexibility index (Phi) is 9.29. The van der Waals surface area contributed by atoms with Gasteiger partial charge >= 0.3 is 12.2 Å². The molecule has 0 aliphatic heterocycles. The van der Waals surface area contributed by atoms with Crippen molar-refractivity contribution < 1.29 is 28.6 Å². The van der Waals surface area contributed by atoms with Gasteiger partial charge in [0.2, 0.25) is 11.7 Å². The summed E-state index contributed by atoms with van der Waals surface area (Å²) in [5.74, 6) is -1.83. The van der Waals surface area contributed by atoms with Crippen molar-refractivity contribution in [2.45, 2.75) is 51.4 Å². The molecule has 10 nitrogen and oxygen atoms in total. The number of carbonyl (C=O) groups is 3. The minimum atomic E-state index is -1.11. The highest BCUT2D eigenvalue weighted by Gasteiger charge is 2.29. The molecular weight excluding hydrogens is 414 g/mol. The molecule has 10 heteroatoms. The summed E-state index contributed by atoms with van der Waals surface area (Å²) in [7, 11) is 0. The Morgan fingerprint density at radius 1 is 1.31 bits per heavy atom. The van der Waals surface area contributed by atoms with E-state index < -0.39 is 35.9 Å². The van der Waals surface area contributed by atoms with Crippen LogP contribution < -0.4 is 5.32 Å². The lowest BCUT2D eigenvalue weighted by Crippen LogP contribution is -2.48. The van der Waals surface area contributed by atoms with Gasteiger partial charge in [-0.3, -0.25) is 9.59 Å². The maximum absolute atomic E-state index is 13.0. The van der Waals surface area contributed by atoms with E-state index in [9.17, 15) is 14.4 Å². The van der Waals surface area contributed by atoms with Crippen molar-refractivity contribution in [3.05, 3.63) is 41.6 Å². The van der Waals surface area contributed by atoms with Gasteiger partial charge in [-0.25, -0.2) is 4.79 Å². The van der Waals surface area contributed by atoms with Crippen molar-refractivity contribution in [2.24, 2.45) is 0 Å². The van der Waals surface area contributed by atoms with E-state index in [4.69, 9.17) is 20.3 Å². The van der Waals surface area contributed by atoms with Crippen LogP contribution in [0.5, 0.6) is 0 Å². The first-order valence-electron chi connectivity index (χ1n) is 10.1. The lowest BCUT2D eigenvalue weighted by Gasteiger charge is -2.22. The molecule has 2 atom stereocenters. The van der Waals surface area contributed by atoms with Crippen LogP contribution in [0.3, 0.4) is 0 Å². The Bertz CT molecular complexity index is 1050. The quantitative estimate of drug-likeness (QED) is 0.222. The SMILES string of the molecule is CC(C)OC(=O)[C@H](CCC(=O)C=[N+]=[N-])NC(=O)[C@H](Cc1c[nH]c2ccccc12)OCC#N. The molecule has 32 heavy (non-hydrogen) atoms. The number of hydrogen-bond donors (Lipinski definition) is 2. The van der Waals surface area contributed by atoms with Gasteiger partial charge in [0.15, 0.2) is 0 Å². The van der Waals surface area contributed by atoms with Crippen molar-refractivity contribution in [2.75, 3.05) is 6.61 Å². The second kappa shape index (κ2) is 12.2. The van der Waals surface area contributed by atoms with E-state index in [2.05, 4.69) is 15.1 Å². The molecule has 1 amide bonds. The van der Waals surface area contributed by atoms with Gasteiger partial charge in [0.1, 0.15) is 18.8 Å². The summed E-state index contributed by atoms with van der Waals surface area (Å²) in [5.41, 5.74) is 10.2. The fraction of sp³-hybridized carbons (Fsp3) is 0.409. The highest BCUT2D eigenvalue weighted by Crippen LogP contribution is 2.20. The first-order chi connectivity index (χ1) is 15.3. The number of hydrogen-bond acceptors (Lipinski definition) is 6. The standard InChI is InChI=1S/C22H25N5O5/c1-14(2)32-22(30)19(8-7-16(28)13-26-24)27-21(29)20(31-10-9-23)11-15-12-25-18-6-4-3-5-17(15)18/h3-6,12-14,19-20,25H,7-8,10-11H2,1-2H3,(H,27,29)/t19-,20-/m0/s1. The molecule has 1 heterocycles. The third kappa shape index (κ3) is 7.16. The number of benzene rings is 1. The predicted molar refractivity (Wildman–Crippen MR) is 114 cm³/mol. The molecule has 0 fully saturated rings. The monoisotopic (exact) mass is 439 g/mol. The molecular formula is C22H25N5O5. The van der Waals surface area contributed by atoms with E-state index in [1.807, 2.05) is 30.3 Å². The van der Waals surface area contributed by atoms with E-state index in [-0.39, 0.29) is 25.9 Å². The Balaban J connectivity index is 2.18. The van der Waals surface area contributed by atoms with Crippen LogP contribution in [0.15, 0.2) is 30.5 Å². The topological polar surface area (TPSA) is 158 Å². The molecule has 168 valence electrons. The molecule has 2 rings (SSSR count). The molecule has 0 unspecified atom stereocenters. The zero-order valence-electron chi connectivity index (χ0n) is 17.9. The number of esters is 1. The van der Waals surface area contributed by atoms with Crippen LogP contribution in [-0.4, -0.2) is 58.5 Å². The number of aromatic amines is 1. The minimum Gasteiger partial charge on any atom is -0.461 e. The molecule has 0 saturated heterocycles. The first kappa shape index (κ1) is 24.5. The molecule has 0 spiro atoms. The third-order valence-electron chi connectivity index (χ3n) is 4.56. The van der Waals surface area contributed by atoms with Crippen LogP contribution in [0.2, 0.25) is 0 Å². The van der Waals surface area contributed by atoms with Crippen LogP contribution in [0, 0.1) is 11.3 Å². The van der Waals surface area contributed by atoms with E-state index in [0.717, 1.165) is 22.7 Å². The molecule has 1 aromatic heterocycles. The number of ketones is 1. The van der Waals surface area contributed by atoms with Crippen molar-refractivity contribution >= 4 is 34.8 Å². The van der Waals surface area contributed by atoms with Gasteiger partial charge in [0, 0.05) is 29.9 Å². The van der Waals surface area contributed by atoms with Crippen LogP contribution in [0.25, 0.3) is 16.4 Å². The summed E-state index contributed by atoms with van der Waals surface area (Å²) in [6.45, 7) is 3.01. The number of nitrogens with zero attached hydrogens (tertiary/aromatic N) is 3. The number of H-pyrrole nitrogens is 1. The van der Waals surface area contributed by atoms with Gasteiger partial charge in [-0.1, -0.05) is 18.2 Å². The molecule has 0 bridgehead atoms. The van der Waals surface area contributed by atoms with Gasteiger partial charge in [-0.15, -0.1) is 0 Å². The Labute approximate surface area is 185 Å². The van der Waals surface area contributed by atoms with Gasteiger partial charge in [-0.2, -0.15) is 10.1 Å². The zero-order valence-corrected chi connectivity index (χ0v) is 17.9. The maximum Gasteiger partial charge on any atom is 0.328 e. The molecule has 1 aromatic carbocycles. The van der Waals surface area contributed by atoms with Gasteiger partial charge < -0.3 is 25.3 Å². The fourth-order valence-electron chi connectivity index (χ4n) is 3.11. The van der Waals surface area contributed by atoms with E-state index in [1.54, 1.807) is 20.0 Å². The smallest absolute Gasteiger partial charge is 0.328 e. The highest BCUT2D eigenvalue weighted by molar-refractivity contribution is 6.25. The van der Waals surface area contributed by atoms with E-state index in [1.165, 1.54) is 0 Å². The lowest BCUT2D eigenvalue weighted by atomic mass is 10.0. The van der Waals surface area contributed by atoms with E-state index >= 15 is 0 Å². The summed E-state index contributed by atoms with van der Waals surface area (Å²) < 4.78 is 10.6. The predicted octanol–water partition coefficient (Wildman–Crippen LogP) is 1.71. The minimum absolute atomic E-state index is 0.0554. The Hall–Kier alpha value is -3.80. The average Bonchev–Trinajstić information content (AvgIpc) is 3.16. The molecule has 0 aliphatic rings. The molecule has 0 aliphatic carbocycles. The number of Topliss-reactive ketones (excluding diaryl/α,β-unsaturated/α-hetero) is 1. The number of rotatable bonds is 12. The number of fused-ring (bicyclic) bond motifs is 1. The summed E-state index contributed by atoms with van der Waals surface area (Å²) in [5, 5.41) is 12.4. The number of ether oxygens (including phenoxy) is 2. The number of nitrogens with one attached hydrogen (secondary N) is 2. The highest BCUT2D eigenvalue weighted by atomic mass is 16.5. The van der Waals surface area contributed by atoms with Gasteiger partial charge in [-0.05, 0) is 31.9 Å². The number of carbonyl (C=O) groups excluding carboxylic acids is 3. The second-order valence-corrected chi connectivity index (χ2v) is 7.32. The van der Waals surface area contributed by atoms with Gasteiger partial charge in [0.25, 0.3) is 0 Å². The van der Waals surface area contributed by atoms with Crippen LogP contribution in [-0.2, 0) is 30.3 Å². The van der Waals surface area contributed by atoms with Crippen LogP contribution in [0.4, 0.5) is 0 Å². The number of amides is 1. The summed E-state index contributed by atoms with van der Waals surface area (Å²) in [4.78, 5) is 42.9. The maximum atomic E-state index is 13.0. The van der Waals surface area contributed by atoms with Crippen LogP contribution in [0.1, 0.15) is 32.3 Å². The number of nitriles is 1. The molecule has 0 radical (unpaired) electrons. The third-order valence-corrected chi connectivity index (χ3v) is 4.56.